The number of nitro benzene ring substituents is 1. The van der Waals surface area contributed by atoms with Crippen LogP contribution in [-0.4, -0.2) is 56.4 Å². The minimum absolute atomic E-state index is 0.0903. The molecule has 0 aliphatic carbocycles. The fraction of sp³-hybridized carbons (Fsp3) is 0.415. The van der Waals surface area contributed by atoms with E-state index in [1.165, 1.54) is 18.2 Å². The van der Waals surface area contributed by atoms with E-state index in [4.69, 9.17) is 18.9 Å². The number of carbonyl (C=O) groups excluding carboxylic acids is 2. The molecular formula is C41H51BrN6O8. The Balaban J connectivity index is 1.95. The third-order valence-electron chi connectivity index (χ3n) is 8.16. The lowest BCUT2D eigenvalue weighted by molar-refractivity contribution is -0.384. The summed E-state index contributed by atoms with van der Waals surface area (Å²) in [6, 6.07) is 13.7. The molecule has 0 atom stereocenters. The number of nitro groups is 1. The first-order chi connectivity index (χ1) is 27.1. The van der Waals surface area contributed by atoms with Crippen LogP contribution in [0.1, 0.15) is 70.8 Å². The van der Waals surface area contributed by atoms with Gasteiger partial charge >= 0.3 is 11.9 Å². The highest BCUT2D eigenvalue weighted by Crippen LogP contribution is 2.42. The maximum atomic E-state index is 11.4. The highest BCUT2D eigenvalue weighted by Gasteiger charge is 2.15. The molecule has 0 spiro atoms. The van der Waals surface area contributed by atoms with E-state index in [0.29, 0.717) is 77.6 Å². The number of nitrogens with zero attached hydrogens (tertiary/aromatic N) is 6. The van der Waals surface area contributed by atoms with Gasteiger partial charge in [0.1, 0.15) is 28.6 Å². The van der Waals surface area contributed by atoms with Crippen molar-refractivity contribution in [3.8, 4) is 11.5 Å². The summed E-state index contributed by atoms with van der Waals surface area (Å²) in [7, 11) is 0. The van der Waals surface area contributed by atoms with Crippen molar-refractivity contribution in [1.29, 1.82) is 0 Å². The van der Waals surface area contributed by atoms with E-state index in [9.17, 15) is 19.7 Å². The number of ether oxygens (including phenoxy) is 4. The molecule has 0 radical (unpaired) electrons. The summed E-state index contributed by atoms with van der Waals surface area (Å²) >= 11 is 3.35. The Labute approximate surface area is 337 Å². The van der Waals surface area contributed by atoms with Crippen LogP contribution in [0.25, 0.3) is 0 Å². The Morgan fingerprint density at radius 2 is 1.20 bits per heavy atom. The number of carbonyl (C=O) groups is 2. The molecule has 0 bridgehead atoms. The van der Waals surface area contributed by atoms with Gasteiger partial charge in [-0.25, -0.2) is 9.59 Å². The molecule has 15 heteroatoms. The molecule has 0 N–H and O–H groups in total. The van der Waals surface area contributed by atoms with E-state index in [0.717, 1.165) is 62.2 Å². The van der Waals surface area contributed by atoms with Gasteiger partial charge in [0.25, 0.3) is 5.69 Å². The van der Waals surface area contributed by atoms with E-state index in [1.54, 1.807) is 12.1 Å². The molecule has 3 rings (SSSR count). The van der Waals surface area contributed by atoms with Gasteiger partial charge in [-0.3, -0.25) is 10.1 Å². The minimum Gasteiger partial charge on any atom is -0.491 e. The summed E-state index contributed by atoms with van der Waals surface area (Å²) in [4.78, 5) is 35.9. The van der Waals surface area contributed by atoms with Gasteiger partial charge in [-0.15, -0.1) is 15.3 Å². The van der Waals surface area contributed by atoms with Crippen LogP contribution in [0.3, 0.4) is 0 Å². The molecule has 14 nitrogen and oxygen atoms in total. The van der Waals surface area contributed by atoms with Crippen LogP contribution in [-0.2, 0) is 19.1 Å². The summed E-state index contributed by atoms with van der Waals surface area (Å²) in [5, 5.41) is 29.4. The average Bonchev–Trinajstić information content (AvgIpc) is 3.19. The van der Waals surface area contributed by atoms with Crippen molar-refractivity contribution in [2.24, 2.45) is 20.5 Å². The van der Waals surface area contributed by atoms with Crippen molar-refractivity contribution >= 4 is 62.0 Å². The SMILES string of the molecule is C=CC(=O)OCCCCCOc1cc(/N=N/c2ccc([N+](=O)[O-])cc2Br)c(OCCCCCOC(=O)C=C)cc1/N=N/c1ccc(N(CCC)CCC)cc1C. The van der Waals surface area contributed by atoms with Crippen molar-refractivity contribution in [3.05, 3.63) is 94.0 Å². The summed E-state index contributed by atoms with van der Waals surface area (Å²) < 4.78 is 23.0. The van der Waals surface area contributed by atoms with Crippen LogP contribution < -0.4 is 14.4 Å². The number of halogens is 1. The van der Waals surface area contributed by atoms with Gasteiger partial charge in [-0.1, -0.05) is 27.0 Å². The van der Waals surface area contributed by atoms with Gasteiger partial charge in [0, 0.05) is 55.2 Å². The van der Waals surface area contributed by atoms with Crippen molar-refractivity contribution in [2.45, 2.75) is 72.1 Å². The molecule has 0 aromatic heterocycles. The van der Waals surface area contributed by atoms with Crippen molar-refractivity contribution in [2.75, 3.05) is 44.4 Å². The second kappa shape index (κ2) is 24.9. The predicted octanol–water partition coefficient (Wildman–Crippen LogP) is 11.7. The molecule has 0 unspecified atom stereocenters. The summed E-state index contributed by atoms with van der Waals surface area (Å²) in [6.45, 7) is 16.3. The Bertz CT molecular complexity index is 1840. The second-order valence-corrected chi connectivity index (χ2v) is 13.5. The number of rotatable bonds is 26. The van der Waals surface area contributed by atoms with E-state index in [-0.39, 0.29) is 18.9 Å². The summed E-state index contributed by atoms with van der Waals surface area (Å²) in [6.07, 6.45) is 8.47. The average molecular weight is 836 g/mol. The van der Waals surface area contributed by atoms with E-state index < -0.39 is 16.9 Å². The Hall–Kier alpha value is -5.44. The molecule has 0 fully saturated rings. The summed E-state index contributed by atoms with van der Waals surface area (Å²) in [5.41, 5.74) is 3.84. The number of esters is 2. The first-order valence-corrected chi connectivity index (χ1v) is 19.5. The molecule has 0 aliphatic heterocycles. The Kier molecular flexibility index (Phi) is 20.0. The molecule has 3 aromatic rings. The van der Waals surface area contributed by atoms with Gasteiger partial charge in [-0.05, 0) is 104 Å². The van der Waals surface area contributed by atoms with Gasteiger partial charge in [0.2, 0.25) is 0 Å². The fourth-order valence-electron chi connectivity index (χ4n) is 5.28. The lowest BCUT2D eigenvalue weighted by Gasteiger charge is -2.24. The molecule has 0 aliphatic rings. The molecule has 56 heavy (non-hydrogen) atoms. The topological polar surface area (TPSA) is 167 Å². The lowest BCUT2D eigenvalue weighted by Crippen LogP contribution is -2.24. The molecule has 0 amide bonds. The van der Waals surface area contributed by atoms with Crippen LogP contribution in [0.5, 0.6) is 11.5 Å². The van der Waals surface area contributed by atoms with Crippen molar-refractivity contribution < 1.29 is 33.5 Å². The van der Waals surface area contributed by atoms with Crippen LogP contribution >= 0.6 is 15.9 Å². The number of anilines is 1. The highest BCUT2D eigenvalue weighted by atomic mass is 79.9. The number of unbranched alkanes of at least 4 members (excludes halogenated alkanes) is 4. The first kappa shape index (κ1) is 45.0. The highest BCUT2D eigenvalue weighted by molar-refractivity contribution is 9.10. The third-order valence-corrected chi connectivity index (χ3v) is 8.80. The normalized spacial score (nSPS) is 11.1. The lowest BCUT2D eigenvalue weighted by atomic mass is 10.1. The van der Waals surface area contributed by atoms with E-state index in [2.05, 4.69) is 80.4 Å². The molecule has 0 saturated carbocycles. The van der Waals surface area contributed by atoms with Gasteiger partial charge < -0.3 is 23.8 Å². The van der Waals surface area contributed by atoms with Crippen LogP contribution in [0.2, 0.25) is 0 Å². The largest absolute Gasteiger partial charge is 0.491 e. The number of hydrogen-bond donors (Lipinski definition) is 0. The Morgan fingerprint density at radius 1 is 0.714 bits per heavy atom. The zero-order valence-corrected chi connectivity index (χ0v) is 34.0. The number of hydrogen-bond acceptors (Lipinski definition) is 13. The quantitative estimate of drug-likeness (QED) is 0.0191. The van der Waals surface area contributed by atoms with Crippen LogP contribution in [0.15, 0.2) is 98.8 Å². The first-order valence-electron chi connectivity index (χ1n) is 18.7. The smallest absolute Gasteiger partial charge is 0.330 e. The maximum absolute atomic E-state index is 11.4. The van der Waals surface area contributed by atoms with Gasteiger partial charge in [0.15, 0.2) is 0 Å². The third kappa shape index (κ3) is 15.4. The van der Waals surface area contributed by atoms with Crippen LogP contribution in [0.4, 0.5) is 34.1 Å². The zero-order chi connectivity index (χ0) is 40.7. The molecule has 0 heterocycles. The minimum atomic E-state index is -0.491. The number of aryl methyl sites for hydroxylation is 1. The monoisotopic (exact) mass is 834 g/mol. The maximum Gasteiger partial charge on any atom is 0.330 e. The summed E-state index contributed by atoms with van der Waals surface area (Å²) in [5.74, 6) is -0.155. The van der Waals surface area contributed by atoms with Crippen molar-refractivity contribution in [3.63, 3.8) is 0 Å². The predicted molar refractivity (Wildman–Crippen MR) is 221 cm³/mol. The van der Waals surface area contributed by atoms with Gasteiger partial charge in [-0.2, -0.15) is 5.11 Å². The Morgan fingerprint density at radius 3 is 1.66 bits per heavy atom. The van der Waals surface area contributed by atoms with E-state index in [1.807, 2.05) is 13.0 Å². The molecule has 3 aromatic carbocycles. The zero-order valence-electron chi connectivity index (χ0n) is 32.4. The molecule has 300 valence electrons. The van der Waals surface area contributed by atoms with Gasteiger partial charge in [0.05, 0.1) is 41.5 Å². The number of non-ortho nitro benzene ring substituents is 1. The fourth-order valence-corrected chi connectivity index (χ4v) is 5.73. The molecular weight excluding hydrogens is 784 g/mol. The number of azo groups is 2. The van der Waals surface area contributed by atoms with Crippen molar-refractivity contribution in [1.82, 2.24) is 0 Å². The second-order valence-electron chi connectivity index (χ2n) is 12.6. The standard InChI is InChI=1S/C41H51BrN6O8/c1-6-20-47(21-7-2)31-16-18-34(30(5)26-31)43-45-36-28-39(54-23-13-11-15-25-56-41(50)9-4)37(46-44-35-19-17-32(48(51)52)27-33(35)42)29-38(36)53-22-12-10-14-24-55-40(49)8-3/h8-9,16-19,26-29H,3-4,6-7,10-15,20-25H2,1-2,5H3/b45-43+,46-44+. The number of benzene rings is 3. The van der Waals surface area contributed by atoms with E-state index >= 15 is 0 Å². The van der Waals surface area contributed by atoms with Crippen LogP contribution in [0, 0.1) is 17.0 Å². The molecule has 0 saturated heterocycles.